The third-order valence-corrected chi connectivity index (χ3v) is 6.73. The molecule has 1 saturated carbocycles. The second-order valence-electron chi connectivity index (χ2n) is 7.38. The van der Waals surface area contributed by atoms with Crippen molar-refractivity contribution in [3.8, 4) is 0 Å². The molecule has 8 heteroatoms. The lowest BCUT2D eigenvalue weighted by Crippen LogP contribution is -2.51. The minimum absolute atomic E-state index is 0.0596. The molecule has 0 aromatic carbocycles. The van der Waals surface area contributed by atoms with E-state index in [1.807, 2.05) is 13.0 Å². The van der Waals surface area contributed by atoms with Gasteiger partial charge in [-0.15, -0.1) is 11.3 Å². The first-order chi connectivity index (χ1) is 12.0. The van der Waals surface area contributed by atoms with Crippen molar-refractivity contribution in [2.75, 3.05) is 32.8 Å². The van der Waals surface area contributed by atoms with Crippen LogP contribution in [-0.4, -0.2) is 65.0 Å². The molecule has 3 fully saturated rings. The topological polar surface area (TPSA) is 55.9 Å². The van der Waals surface area contributed by atoms with E-state index in [0.717, 1.165) is 49.9 Å². The minimum Gasteiger partial charge on any atom is -0.323 e. The number of imide groups is 1. The lowest BCUT2D eigenvalue weighted by atomic mass is 9.96. The Morgan fingerprint density at radius 1 is 1.20 bits per heavy atom. The van der Waals surface area contributed by atoms with Crippen LogP contribution in [0.1, 0.15) is 24.6 Å². The Morgan fingerprint density at radius 2 is 1.88 bits per heavy atom. The molecule has 0 spiro atoms. The summed E-state index contributed by atoms with van der Waals surface area (Å²) in [4.78, 5) is 32.2. The van der Waals surface area contributed by atoms with E-state index in [1.165, 1.54) is 9.78 Å². The molecule has 0 radical (unpaired) electrons. The summed E-state index contributed by atoms with van der Waals surface area (Å²) in [6, 6.07) is 3.77. The van der Waals surface area contributed by atoms with E-state index in [4.69, 9.17) is 11.6 Å². The molecule has 6 nitrogen and oxygen atoms in total. The van der Waals surface area contributed by atoms with E-state index < -0.39 is 5.54 Å². The van der Waals surface area contributed by atoms with Gasteiger partial charge in [-0.1, -0.05) is 11.6 Å². The quantitative estimate of drug-likeness (QED) is 0.793. The summed E-state index contributed by atoms with van der Waals surface area (Å²) in [5, 5.41) is 2.91. The molecule has 3 amide bonds. The number of halogens is 1. The van der Waals surface area contributed by atoms with E-state index in [-0.39, 0.29) is 11.9 Å². The predicted octanol–water partition coefficient (Wildman–Crippen LogP) is 2.20. The van der Waals surface area contributed by atoms with Crippen LogP contribution in [0.15, 0.2) is 12.1 Å². The van der Waals surface area contributed by atoms with Gasteiger partial charge in [-0.2, -0.15) is 0 Å². The zero-order valence-corrected chi connectivity index (χ0v) is 15.9. The predicted molar refractivity (Wildman–Crippen MR) is 97.6 cm³/mol. The fraction of sp³-hybridized carbons (Fsp3) is 0.647. The number of piperazine rings is 1. The van der Waals surface area contributed by atoms with Gasteiger partial charge in [0.2, 0.25) is 0 Å². The average Bonchev–Trinajstić information content (AvgIpc) is 3.33. The van der Waals surface area contributed by atoms with Gasteiger partial charge in [0.15, 0.2) is 0 Å². The number of carbonyl (C=O) groups excluding carboxylic acids is 2. The first-order valence-corrected chi connectivity index (χ1v) is 9.98. The van der Waals surface area contributed by atoms with Crippen LogP contribution >= 0.6 is 22.9 Å². The average molecular weight is 383 g/mol. The van der Waals surface area contributed by atoms with Gasteiger partial charge in [0, 0.05) is 37.6 Å². The van der Waals surface area contributed by atoms with E-state index in [1.54, 1.807) is 11.3 Å². The molecule has 0 bridgehead atoms. The molecule has 1 aromatic heterocycles. The number of carbonyl (C=O) groups is 2. The molecule has 1 aliphatic carbocycles. The summed E-state index contributed by atoms with van der Waals surface area (Å²) < 4.78 is 0.825. The van der Waals surface area contributed by atoms with Gasteiger partial charge in [-0.05, 0) is 37.8 Å². The lowest BCUT2D eigenvalue weighted by molar-refractivity contribution is -0.133. The second kappa shape index (κ2) is 6.54. The van der Waals surface area contributed by atoms with Crippen LogP contribution in [0.4, 0.5) is 4.79 Å². The molecule has 3 heterocycles. The fourth-order valence-corrected chi connectivity index (χ4v) is 4.86. The van der Waals surface area contributed by atoms with Gasteiger partial charge < -0.3 is 5.32 Å². The minimum atomic E-state index is -0.683. The Morgan fingerprint density at radius 3 is 2.48 bits per heavy atom. The molecule has 4 rings (SSSR count). The molecule has 2 aliphatic heterocycles. The highest BCUT2D eigenvalue weighted by molar-refractivity contribution is 7.16. The SMILES string of the molecule is CC1(C2CC2)NC(=O)N(CN2CCN(Cc3ccc(Cl)s3)CC2)C1=O. The van der Waals surface area contributed by atoms with Crippen LogP contribution in [0.25, 0.3) is 0 Å². The highest BCUT2D eigenvalue weighted by Crippen LogP contribution is 2.42. The molecule has 1 unspecified atom stereocenters. The third kappa shape index (κ3) is 3.43. The standard InChI is InChI=1S/C17H23ClN4O2S/c1-17(12-2-3-12)15(23)22(16(24)19-17)11-21-8-6-20(7-9-21)10-13-4-5-14(18)25-13/h4-5,12H,2-3,6-11H2,1H3,(H,19,24). The van der Waals surface area contributed by atoms with Crippen LogP contribution in [0.5, 0.6) is 0 Å². The molecule has 2 saturated heterocycles. The van der Waals surface area contributed by atoms with Crippen LogP contribution in [0, 0.1) is 5.92 Å². The summed E-state index contributed by atoms with van der Waals surface area (Å²) in [6.45, 7) is 6.75. The maximum Gasteiger partial charge on any atom is 0.326 e. The van der Waals surface area contributed by atoms with Crippen molar-refractivity contribution < 1.29 is 9.59 Å². The molecule has 25 heavy (non-hydrogen) atoms. The number of rotatable bonds is 5. The first kappa shape index (κ1) is 17.3. The monoisotopic (exact) mass is 382 g/mol. The number of nitrogens with zero attached hydrogens (tertiary/aromatic N) is 3. The molecular weight excluding hydrogens is 360 g/mol. The van der Waals surface area contributed by atoms with Crippen molar-refractivity contribution in [1.29, 1.82) is 0 Å². The van der Waals surface area contributed by atoms with Crippen molar-refractivity contribution in [1.82, 2.24) is 20.0 Å². The number of nitrogens with one attached hydrogen (secondary N) is 1. The van der Waals surface area contributed by atoms with E-state index >= 15 is 0 Å². The maximum atomic E-state index is 12.7. The van der Waals surface area contributed by atoms with Crippen LogP contribution < -0.4 is 5.32 Å². The first-order valence-electron chi connectivity index (χ1n) is 8.79. The number of hydrogen-bond acceptors (Lipinski definition) is 5. The number of hydrogen-bond donors (Lipinski definition) is 1. The molecular formula is C17H23ClN4O2S. The van der Waals surface area contributed by atoms with Crippen molar-refractivity contribution >= 4 is 34.9 Å². The lowest BCUT2D eigenvalue weighted by Gasteiger charge is -2.35. The Kier molecular flexibility index (Phi) is 4.52. The number of urea groups is 1. The van der Waals surface area contributed by atoms with Crippen molar-refractivity contribution in [3.63, 3.8) is 0 Å². The number of amides is 3. The molecule has 136 valence electrons. The van der Waals surface area contributed by atoms with Crippen LogP contribution in [0.2, 0.25) is 4.34 Å². The van der Waals surface area contributed by atoms with Crippen molar-refractivity contribution in [2.45, 2.75) is 31.8 Å². The maximum absolute atomic E-state index is 12.7. The van der Waals surface area contributed by atoms with Crippen molar-refractivity contribution in [3.05, 3.63) is 21.3 Å². The van der Waals surface area contributed by atoms with Gasteiger partial charge in [0.1, 0.15) is 5.54 Å². The molecule has 1 atom stereocenters. The van der Waals surface area contributed by atoms with Gasteiger partial charge in [0.05, 0.1) is 11.0 Å². The van der Waals surface area contributed by atoms with Gasteiger partial charge in [-0.25, -0.2) is 9.69 Å². The van der Waals surface area contributed by atoms with Gasteiger partial charge in [-0.3, -0.25) is 14.6 Å². The smallest absolute Gasteiger partial charge is 0.323 e. The van der Waals surface area contributed by atoms with E-state index in [0.29, 0.717) is 12.6 Å². The van der Waals surface area contributed by atoms with Crippen LogP contribution in [-0.2, 0) is 11.3 Å². The van der Waals surface area contributed by atoms with Gasteiger partial charge >= 0.3 is 6.03 Å². The Labute approximate surface area is 156 Å². The Hall–Kier alpha value is -1.15. The Balaban J connectivity index is 1.30. The fourth-order valence-electron chi connectivity index (χ4n) is 3.73. The van der Waals surface area contributed by atoms with E-state index in [9.17, 15) is 9.59 Å². The molecule has 3 aliphatic rings. The summed E-state index contributed by atoms with van der Waals surface area (Å²) in [5.41, 5.74) is -0.683. The summed E-state index contributed by atoms with van der Waals surface area (Å²) in [7, 11) is 0. The zero-order chi connectivity index (χ0) is 17.6. The van der Waals surface area contributed by atoms with Crippen molar-refractivity contribution in [2.24, 2.45) is 5.92 Å². The normalized spacial score (nSPS) is 28.6. The largest absolute Gasteiger partial charge is 0.326 e. The molecule has 1 aromatic rings. The highest BCUT2D eigenvalue weighted by atomic mass is 35.5. The Bertz CT molecular complexity index is 684. The molecule has 1 N–H and O–H groups in total. The highest BCUT2D eigenvalue weighted by Gasteiger charge is 2.56. The third-order valence-electron chi connectivity index (χ3n) is 5.51. The zero-order valence-electron chi connectivity index (χ0n) is 14.3. The van der Waals surface area contributed by atoms with Gasteiger partial charge in [0.25, 0.3) is 5.91 Å². The summed E-state index contributed by atoms with van der Waals surface area (Å²) in [6.07, 6.45) is 2.06. The second-order valence-corrected chi connectivity index (χ2v) is 9.18. The summed E-state index contributed by atoms with van der Waals surface area (Å²) >= 11 is 7.61. The number of thiophene rings is 1. The van der Waals surface area contributed by atoms with E-state index in [2.05, 4.69) is 21.2 Å². The summed E-state index contributed by atoms with van der Waals surface area (Å²) in [5.74, 6) is 0.249. The van der Waals surface area contributed by atoms with Crippen LogP contribution in [0.3, 0.4) is 0 Å².